The molecule has 2 rings (SSSR count). The predicted molar refractivity (Wildman–Crippen MR) is 80.4 cm³/mol. The lowest BCUT2D eigenvalue weighted by molar-refractivity contribution is -0.120. The summed E-state index contributed by atoms with van der Waals surface area (Å²) >= 11 is 0. The van der Waals surface area contributed by atoms with E-state index in [0.717, 1.165) is 23.1 Å². The first kappa shape index (κ1) is 15.4. The molecule has 1 heterocycles. The second kappa shape index (κ2) is 7.13. The number of carbonyl (C=O) groups is 1. The van der Waals surface area contributed by atoms with Crippen molar-refractivity contribution in [2.45, 2.75) is 32.3 Å². The fourth-order valence-electron chi connectivity index (χ4n) is 2.23. The van der Waals surface area contributed by atoms with Gasteiger partial charge in [-0.25, -0.2) is 0 Å². The van der Waals surface area contributed by atoms with E-state index >= 15 is 0 Å². The average molecular weight is 291 g/mol. The maximum Gasteiger partial charge on any atom is 0.224 e. The van der Waals surface area contributed by atoms with Gasteiger partial charge in [0.1, 0.15) is 11.3 Å². The minimum Gasteiger partial charge on any atom is -0.497 e. The highest BCUT2D eigenvalue weighted by molar-refractivity contribution is 5.88. The summed E-state index contributed by atoms with van der Waals surface area (Å²) in [5.74, 6) is 0.596. The number of aliphatic hydroxyl groups is 1. The van der Waals surface area contributed by atoms with Crippen molar-refractivity contribution in [3.63, 3.8) is 0 Å². The third kappa shape index (κ3) is 3.98. The lowest BCUT2D eigenvalue weighted by Crippen LogP contribution is -2.32. The third-order valence-electron chi connectivity index (χ3n) is 3.37. The van der Waals surface area contributed by atoms with E-state index in [1.54, 1.807) is 19.4 Å². The van der Waals surface area contributed by atoms with Crippen LogP contribution in [-0.4, -0.2) is 30.8 Å². The van der Waals surface area contributed by atoms with Gasteiger partial charge >= 0.3 is 0 Å². The molecule has 1 atom stereocenters. The number of furan rings is 1. The fourth-order valence-corrected chi connectivity index (χ4v) is 2.23. The van der Waals surface area contributed by atoms with Crippen molar-refractivity contribution in [2.24, 2.45) is 0 Å². The first-order chi connectivity index (χ1) is 10.1. The van der Waals surface area contributed by atoms with Crippen molar-refractivity contribution in [1.82, 2.24) is 5.32 Å². The van der Waals surface area contributed by atoms with E-state index in [2.05, 4.69) is 5.32 Å². The predicted octanol–water partition coefficient (Wildman–Crippen LogP) is 2.26. The van der Waals surface area contributed by atoms with E-state index in [-0.39, 0.29) is 18.9 Å². The van der Waals surface area contributed by atoms with E-state index in [0.29, 0.717) is 12.0 Å². The van der Waals surface area contributed by atoms with Crippen LogP contribution in [0.4, 0.5) is 0 Å². The molecule has 0 spiro atoms. The van der Waals surface area contributed by atoms with Gasteiger partial charge in [-0.15, -0.1) is 0 Å². The van der Waals surface area contributed by atoms with Crippen LogP contribution in [0.15, 0.2) is 28.9 Å². The van der Waals surface area contributed by atoms with Crippen LogP contribution in [0, 0.1) is 0 Å². The molecule has 2 N–H and O–H groups in total. The Morgan fingerprint density at radius 2 is 2.29 bits per heavy atom. The van der Waals surface area contributed by atoms with Crippen LogP contribution in [0.3, 0.4) is 0 Å². The molecule has 0 saturated heterocycles. The Hall–Kier alpha value is -2.01. The molecule has 0 fully saturated rings. The molecule has 0 aliphatic carbocycles. The van der Waals surface area contributed by atoms with E-state index in [1.165, 1.54) is 0 Å². The van der Waals surface area contributed by atoms with Gasteiger partial charge in [-0.2, -0.15) is 0 Å². The Morgan fingerprint density at radius 3 is 3.00 bits per heavy atom. The number of benzene rings is 1. The number of rotatable bonds is 7. The number of hydrogen-bond acceptors (Lipinski definition) is 4. The summed E-state index contributed by atoms with van der Waals surface area (Å²) in [6, 6.07) is 5.51. The quantitative estimate of drug-likeness (QED) is 0.821. The number of methoxy groups -OCH3 is 1. The van der Waals surface area contributed by atoms with Gasteiger partial charge in [0, 0.05) is 23.6 Å². The highest BCUT2D eigenvalue weighted by atomic mass is 16.5. The second-order valence-corrected chi connectivity index (χ2v) is 5.05. The van der Waals surface area contributed by atoms with E-state index in [9.17, 15) is 9.90 Å². The number of fused-ring (bicyclic) bond motifs is 1. The van der Waals surface area contributed by atoms with Gasteiger partial charge in [0.2, 0.25) is 5.91 Å². The first-order valence-corrected chi connectivity index (χ1v) is 7.13. The summed E-state index contributed by atoms with van der Waals surface area (Å²) in [7, 11) is 1.60. The van der Waals surface area contributed by atoms with Crippen molar-refractivity contribution in [3.05, 3.63) is 30.0 Å². The molecule has 1 aromatic carbocycles. The molecular weight excluding hydrogens is 270 g/mol. The number of carbonyl (C=O) groups excluding carboxylic acids is 1. The van der Waals surface area contributed by atoms with Crippen molar-refractivity contribution < 1.29 is 19.1 Å². The molecule has 0 radical (unpaired) electrons. The summed E-state index contributed by atoms with van der Waals surface area (Å²) in [6.45, 7) is 2.28. The number of nitrogens with one attached hydrogen (secondary N) is 1. The Morgan fingerprint density at radius 1 is 1.48 bits per heavy atom. The normalized spacial score (nSPS) is 12.3. The minimum atomic E-state index is -0.482. The van der Waals surface area contributed by atoms with Crippen LogP contribution in [0.2, 0.25) is 0 Å². The lowest BCUT2D eigenvalue weighted by Gasteiger charge is -2.10. The van der Waals surface area contributed by atoms with E-state index in [4.69, 9.17) is 9.15 Å². The summed E-state index contributed by atoms with van der Waals surface area (Å²) < 4.78 is 10.6. The first-order valence-electron chi connectivity index (χ1n) is 7.13. The molecular formula is C16H21NO4. The van der Waals surface area contributed by atoms with Crippen LogP contribution in [0.1, 0.15) is 25.3 Å². The van der Waals surface area contributed by atoms with E-state index < -0.39 is 6.10 Å². The summed E-state index contributed by atoms with van der Waals surface area (Å²) in [5, 5.41) is 13.2. The van der Waals surface area contributed by atoms with E-state index in [1.807, 2.05) is 19.1 Å². The van der Waals surface area contributed by atoms with Crippen molar-refractivity contribution in [1.29, 1.82) is 0 Å². The molecule has 2 aromatic rings. The third-order valence-corrected chi connectivity index (χ3v) is 3.37. The van der Waals surface area contributed by atoms with Crippen molar-refractivity contribution >= 4 is 16.9 Å². The van der Waals surface area contributed by atoms with Crippen LogP contribution in [0.25, 0.3) is 11.0 Å². The molecule has 1 unspecified atom stereocenters. The monoisotopic (exact) mass is 291 g/mol. The smallest absolute Gasteiger partial charge is 0.224 e. The SMILES string of the molecule is CCCC(O)CNC(=O)Cc1coc2cc(OC)ccc12. The molecule has 0 aliphatic rings. The average Bonchev–Trinajstić information content (AvgIpc) is 2.87. The molecule has 5 heteroatoms. The Balaban J connectivity index is 1.98. The highest BCUT2D eigenvalue weighted by Crippen LogP contribution is 2.25. The lowest BCUT2D eigenvalue weighted by atomic mass is 10.1. The van der Waals surface area contributed by atoms with Gasteiger partial charge in [-0.1, -0.05) is 13.3 Å². The summed E-state index contributed by atoms with van der Waals surface area (Å²) in [4.78, 5) is 11.9. The van der Waals surface area contributed by atoms with Gasteiger partial charge in [0.05, 0.1) is 25.9 Å². The molecule has 0 bridgehead atoms. The number of aliphatic hydroxyl groups excluding tert-OH is 1. The molecule has 1 aromatic heterocycles. The minimum absolute atomic E-state index is 0.122. The molecule has 21 heavy (non-hydrogen) atoms. The molecule has 114 valence electrons. The molecule has 0 saturated carbocycles. The van der Waals surface area contributed by atoms with Gasteiger partial charge in [0.15, 0.2) is 0 Å². The van der Waals surface area contributed by atoms with Crippen LogP contribution in [0.5, 0.6) is 5.75 Å². The highest BCUT2D eigenvalue weighted by Gasteiger charge is 2.12. The standard InChI is InChI=1S/C16H21NO4/c1-3-4-12(18)9-17-16(19)7-11-10-21-15-8-13(20-2)5-6-14(11)15/h5-6,8,10,12,18H,3-4,7,9H2,1-2H3,(H,17,19). The number of amides is 1. The molecule has 1 amide bonds. The maximum atomic E-state index is 11.9. The number of ether oxygens (including phenoxy) is 1. The van der Waals surface area contributed by atoms with Crippen molar-refractivity contribution in [2.75, 3.05) is 13.7 Å². The van der Waals surface area contributed by atoms with Crippen molar-refractivity contribution in [3.8, 4) is 5.75 Å². The fraction of sp³-hybridized carbons (Fsp3) is 0.438. The molecule has 0 aliphatic heterocycles. The second-order valence-electron chi connectivity index (χ2n) is 5.05. The number of hydrogen-bond donors (Lipinski definition) is 2. The van der Waals surface area contributed by atoms with Gasteiger partial charge in [-0.3, -0.25) is 4.79 Å². The Kier molecular flexibility index (Phi) is 5.22. The van der Waals surface area contributed by atoms with Crippen LogP contribution in [-0.2, 0) is 11.2 Å². The summed E-state index contributed by atoms with van der Waals surface area (Å²) in [6.07, 6.45) is 2.92. The van der Waals surface area contributed by atoms with Gasteiger partial charge < -0.3 is 19.6 Å². The largest absolute Gasteiger partial charge is 0.497 e. The van der Waals surface area contributed by atoms with Crippen LogP contribution < -0.4 is 10.1 Å². The summed E-state index contributed by atoms with van der Waals surface area (Å²) in [5.41, 5.74) is 1.53. The Labute approximate surface area is 123 Å². The van der Waals surface area contributed by atoms with Gasteiger partial charge in [-0.05, 0) is 18.6 Å². The Bertz CT molecular complexity index is 605. The maximum absolute atomic E-state index is 11.9. The zero-order valence-corrected chi connectivity index (χ0v) is 12.4. The van der Waals surface area contributed by atoms with Gasteiger partial charge in [0.25, 0.3) is 0 Å². The van der Waals surface area contributed by atoms with Crippen LogP contribution >= 0.6 is 0 Å². The topological polar surface area (TPSA) is 71.7 Å². The molecule has 5 nitrogen and oxygen atoms in total. The zero-order valence-electron chi connectivity index (χ0n) is 12.4. The zero-order chi connectivity index (χ0) is 15.2.